The molecule has 6 heteroatoms. The third kappa shape index (κ3) is 2.64. The van der Waals surface area contributed by atoms with E-state index in [1.165, 1.54) is 12.1 Å². The van der Waals surface area contributed by atoms with Gasteiger partial charge < -0.3 is 4.98 Å². The Hall–Kier alpha value is -1.79. The molecule has 0 unspecified atom stereocenters. The van der Waals surface area contributed by atoms with Crippen LogP contribution in [-0.2, 0) is 13.0 Å². The molecule has 2 aromatic heterocycles. The van der Waals surface area contributed by atoms with Crippen LogP contribution in [0.25, 0.3) is 10.2 Å². The van der Waals surface area contributed by atoms with E-state index >= 15 is 0 Å². The second-order valence-corrected chi connectivity index (χ2v) is 6.86. The molecule has 0 fully saturated rings. The SMILES string of the molecule is Cc1sc2[nH]c(=S)n(CCc3ccc(F)cc3)c(=O)c2c1C. The van der Waals surface area contributed by atoms with Crippen LogP contribution < -0.4 is 5.56 Å². The van der Waals surface area contributed by atoms with E-state index in [2.05, 4.69) is 4.98 Å². The minimum Gasteiger partial charge on any atom is -0.323 e. The van der Waals surface area contributed by atoms with Gasteiger partial charge in [0.25, 0.3) is 5.56 Å². The lowest BCUT2D eigenvalue weighted by molar-refractivity contribution is 0.623. The van der Waals surface area contributed by atoms with Gasteiger partial charge in [0.1, 0.15) is 10.6 Å². The molecule has 0 radical (unpaired) electrons. The number of aromatic amines is 1. The molecule has 3 rings (SSSR count). The fraction of sp³-hybridized carbons (Fsp3) is 0.250. The zero-order valence-electron chi connectivity index (χ0n) is 12.3. The number of benzene rings is 1. The monoisotopic (exact) mass is 334 g/mol. The Bertz CT molecular complexity index is 951. The van der Waals surface area contributed by atoms with E-state index in [0.29, 0.717) is 17.7 Å². The summed E-state index contributed by atoms with van der Waals surface area (Å²) in [5.41, 5.74) is 1.93. The molecule has 0 spiro atoms. The third-order valence-corrected chi connectivity index (χ3v) is 5.29. The fourth-order valence-electron chi connectivity index (χ4n) is 2.46. The summed E-state index contributed by atoms with van der Waals surface area (Å²) >= 11 is 6.86. The van der Waals surface area contributed by atoms with Gasteiger partial charge in [-0.25, -0.2) is 4.39 Å². The fourth-order valence-corrected chi connectivity index (χ4v) is 3.85. The van der Waals surface area contributed by atoms with E-state index in [-0.39, 0.29) is 11.4 Å². The lowest BCUT2D eigenvalue weighted by Crippen LogP contribution is -2.23. The van der Waals surface area contributed by atoms with Gasteiger partial charge in [-0.2, -0.15) is 0 Å². The van der Waals surface area contributed by atoms with Gasteiger partial charge in [-0.1, -0.05) is 12.1 Å². The Balaban J connectivity index is 2.00. The van der Waals surface area contributed by atoms with E-state index in [1.807, 2.05) is 13.8 Å². The van der Waals surface area contributed by atoms with Crippen LogP contribution in [0.5, 0.6) is 0 Å². The maximum absolute atomic E-state index is 12.9. The molecule has 1 aromatic carbocycles. The van der Waals surface area contributed by atoms with Crippen molar-refractivity contribution < 1.29 is 4.39 Å². The zero-order valence-corrected chi connectivity index (χ0v) is 13.9. The molecule has 0 aliphatic heterocycles. The molecule has 22 heavy (non-hydrogen) atoms. The summed E-state index contributed by atoms with van der Waals surface area (Å²) in [4.78, 5) is 17.8. The molecule has 0 saturated heterocycles. The second kappa shape index (κ2) is 5.78. The van der Waals surface area contributed by atoms with Crippen LogP contribution in [0, 0.1) is 24.4 Å². The zero-order chi connectivity index (χ0) is 15.9. The molecular formula is C16H15FN2OS2. The molecule has 0 aliphatic rings. The molecule has 0 aliphatic carbocycles. The van der Waals surface area contributed by atoms with E-state index in [9.17, 15) is 9.18 Å². The number of aryl methyl sites for hydroxylation is 3. The molecule has 0 saturated carbocycles. The number of fused-ring (bicyclic) bond motifs is 1. The highest BCUT2D eigenvalue weighted by atomic mass is 32.1. The number of hydrogen-bond acceptors (Lipinski definition) is 3. The quantitative estimate of drug-likeness (QED) is 0.732. The number of thiophene rings is 1. The van der Waals surface area contributed by atoms with Gasteiger partial charge in [0, 0.05) is 11.4 Å². The van der Waals surface area contributed by atoms with Crippen molar-refractivity contribution in [2.24, 2.45) is 0 Å². The smallest absolute Gasteiger partial charge is 0.263 e. The van der Waals surface area contributed by atoms with Crippen LogP contribution in [0.1, 0.15) is 16.0 Å². The molecule has 0 bridgehead atoms. The topological polar surface area (TPSA) is 37.8 Å². The summed E-state index contributed by atoms with van der Waals surface area (Å²) in [6.07, 6.45) is 0.630. The molecule has 0 amide bonds. The highest BCUT2D eigenvalue weighted by Crippen LogP contribution is 2.25. The van der Waals surface area contributed by atoms with Gasteiger partial charge in [0.15, 0.2) is 4.77 Å². The number of hydrogen-bond donors (Lipinski definition) is 1. The molecule has 3 aromatic rings. The summed E-state index contributed by atoms with van der Waals surface area (Å²) in [5.74, 6) is -0.260. The van der Waals surface area contributed by atoms with E-state index < -0.39 is 0 Å². The van der Waals surface area contributed by atoms with Crippen molar-refractivity contribution in [1.82, 2.24) is 9.55 Å². The predicted octanol–water partition coefficient (Wildman–Crippen LogP) is 4.12. The number of nitrogens with one attached hydrogen (secondary N) is 1. The largest absolute Gasteiger partial charge is 0.323 e. The van der Waals surface area contributed by atoms with E-state index in [1.54, 1.807) is 28.0 Å². The second-order valence-electron chi connectivity index (χ2n) is 5.25. The number of halogens is 1. The Morgan fingerprint density at radius 2 is 1.95 bits per heavy atom. The maximum Gasteiger partial charge on any atom is 0.263 e. The van der Waals surface area contributed by atoms with Crippen molar-refractivity contribution in [2.45, 2.75) is 26.8 Å². The third-order valence-electron chi connectivity index (χ3n) is 3.85. The van der Waals surface area contributed by atoms with Gasteiger partial charge in [-0.15, -0.1) is 11.3 Å². The van der Waals surface area contributed by atoms with Crippen LogP contribution in [-0.4, -0.2) is 9.55 Å². The molecule has 0 atom stereocenters. The Morgan fingerprint density at radius 1 is 1.27 bits per heavy atom. The van der Waals surface area contributed by atoms with Crippen molar-refractivity contribution in [2.75, 3.05) is 0 Å². The Labute approximate surface area is 136 Å². The average molecular weight is 334 g/mol. The Morgan fingerprint density at radius 3 is 2.64 bits per heavy atom. The van der Waals surface area contributed by atoms with Crippen molar-refractivity contribution >= 4 is 33.8 Å². The van der Waals surface area contributed by atoms with Gasteiger partial charge in [-0.3, -0.25) is 9.36 Å². The molecule has 114 valence electrons. The van der Waals surface area contributed by atoms with Gasteiger partial charge in [0.05, 0.1) is 5.39 Å². The van der Waals surface area contributed by atoms with Crippen LogP contribution in [0.2, 0.25) is 0 Å². The minimum absolute atomic E-state index is 0.0530. The van der Waals surface area contributed by atoms with E-state index in [0.717, 1.165) is 26.2 Å². The van der Waals surface area contributed by atoms with Crippen LogP contribution in [0.3, 0.4) is 0 Å². The van der Waals surface area contributed by atoms with Crippen molar-refractivity contribution in [3.63, 3.8) is 0 Å². The number of rotatable bonds is 3. The number of aromatic nitrogens is 2. The molecule has 1 N–H and O–H groups in total. The number of nitrogens with zero attached hydrogens (tertiary/aromatic N) is 1. The molecule has 2 heterocycles. The lowest BCUT2D eigenvalue weighted by atomic mass is 10.1. The van der Waals surface area contributed by atoms with Gasteiger partial charge >= 0.3 is 0 Å². The summed E-state index contributed by atoms with van der Waals surface area (Å²) in [6, 6.07) is 6.31. The summed E-state index contributed by atoms with van der Waals surface area (Å²) in [7, 11) is 0. The summed E-state index contributed by atoms with van der Waals surface area (Å²) < 4.78 is 14.9. The van der Waals surface area contributed by atoms with Crippen molar-refractivity contribution in [1.29, 1.82) is 0 Å². The van der Waals surface area contributed by atoms with Gasteiger partial charge in [-0.05, 0) is 55.7 Å². The van der Waals surface area contributed by atoms with E-state index in [4.69, 9.17) is 12.2 Å². The van der Waals surface area contributed by atoms with Crippen LogP contribution in [0.4, 0.5) is 4.39 Å². The molecule has 3 nitrogen and oxygen atoms in total. The minimum atomic E-state index is -0.260. The first-order chi connectivity index (χ1) is 10.5. The normalized spacial score (nSPS) is 11.2. The molecular weight excluding hydrogens is 319 g/mol. The lowest BCUT2D eigenvalue weighted by Gasteiger charge is -2.07. The highest BCUT2D eigenvalue weighted by molar-refractivity contribution is 7.71. The predicted molar refractivity (Wildman–Crippen MR) is 90.8 cm³/mol. The highest BCUT2D eigenvalue weighted by Gasteiger charge is 2.12. The standard InChI is InChI=1S/C16H15FN2OS2/c1-9-10(2)22-14-13(9)15(20)19(16(21)18-14)8-7-11-3-5-12(17)6-4-11/h3-6H,7-8H2,1-2H3,(H,18,21). The average Bonchev–Trinajstić information content (AvgIpc) is 2.75. The first-order valence-corrected chi connectivity index (χ1v) is 8.17. The summed E-state index contributed by atoms with van der Waals surface area (Å²) in [6.45, 7) is 4.43. The Kier molecular flexibility index (Phi) is 3.97. The van der Waals surface area contributed by atoms with Crippen molar-refractivity contribution in [3.8, 4) is 0 Å². The number of H-pyrrole nitrogens is 1. The van der Waals surface area contributed by atoms with Crippen LogP contribution >= 0.6 is 23.6 Å². The van der Waals surface area contributed by atoms with Crippen molar-refractivity contribution in [3.05, 3.63) is 61.2 Å². The summed E-state index contributed by atoms with van der Waals surface area (Å²) in [5, 5.41) is 0.718. The maximum atomic E-state index is 12.9. The van der Waals surface area contributed by atoms with Gasteiger partial charge in [0.2, 0.25) is 0 Å². The van der Waals surface area contributed by atoms with Crippen LogP contribution in [0.15, 0.2) is 29.1 Å². The first kappa shape index (κ1) is 15.1. The first-order valence-electron chi connectivity index (χ1n) is 6.94.